The van der Waals surface area contributed by atoms with E-state index in [2.05, 4.69) is 75.8 Å². The minimum atomic E-state index is -0.789. The van der Waals surface area contributed by atoms with Crippen LogP contribution in [0.3, 0.4) is 0 Å². The maximum absolute atomic E-state index is 11.9. The van der Waals surface area contributed by atoms with Crippen molar-refractivity contribution in [3.63, 3.8) is 0 Å². The molecular weight excluding hydrogens is 456 g/mol. The van der Waals surface area contributed by atoms with Crippen LogP contribution >= 0.6 is 0 Å². The van der Waals surface area contributed by atoms with Gasteiger partial charge < -0.3 is 20.8 Å². The number of carboxylic acids is 2. The Balaban J connectivity index is 3.41. The zero-order valence-corrected chi connectivity index (χ0v) is 24.3. The van der Waals surface area contributed by atoms with Gasteiger partial charge in [-0.25, -0.2) is 0 Å². The van der Waals surface area contributed by atoms with Gasteiger partial charge in [0, 0.05) is 50.3 Å². The number of nitrogens with zero attached hydrogens (tertiary/aromatic N) is 2. The van der Waals surface area contributed by atoms with Crippen LogP contribution in [0.25, 0.3) is 0 Å². The van der Waals surface area contributed by atoms with Gasteiger partial charge in [-0.3, -0.25) is 19.4 Å². The van der Waals surface area contributed by atoms with E-state index in [0.717, 1.165) is 25.7 Å². The first-order valence-corrected chi connectivity index (χ1v) is 14.1. The lowest BCUT2D eigenvalue weighted by atomic mass is 9.95. The lowest BCUT2D eigenvalue weighted by molar-refractivity contribution is -0.139. The average molecular weight is 513 g/mol. The summed E-state index contributed by atoms with van der Waals surface area (Å²) in [4.78, 5) is 28.1. The van der Waals surface area contributed by atoms with Crippen molar-refractivity contribution in [1.29, 1.82) is 0 Å². The van der Waals surface area contributed by atoms with E-state index in [0.29, 0.717) is 49.9 Å². The fourth-order valence-corrected chi connectivity index (χ4v) is 5.60. The van der Waals surface area contributed by atoms with Gasteiger partial charge in [0.2, 0.25) is 0 Å². The van der Waals surface area contributed by atoms with E-state index in [9.17, 15) is 19.8 Å². The number of carbonyl (C=O) groups is 2. The fraction of sp³-hybridized carbons (Fsp3) is 0.929. The molecule has 1 aliphatic heterocycles. The summed E-state index contributed by atoms with van der Waals surface area (Å²) in [7, 11) is 0. The highest BCUT2D eigenvalue weighted by atomic mass is 16.4. The summed E-state index contributed by atoms with van der Waals surface area (Å²) in [6, 6.07) is 0.495. The first-order valence-electron chi connectivity index (χ1n) is 14.1. The van der Waals surface area contributed by atoms with Gasteiger partial charge in [0.05, 0.1) is 13.1 Å². The zero-order valence-electron chi connectivity index (χ0n) is 24.3. The molecular formula is C28H56N4O4. The van der Waals surface area contributed by atoms with E-state index >= 15 is 0 Å². The lowest BCUT2D eigenvalue weighted by Gasteiger charge is -2.41. The molecule has 1 rings (SSSR count). The molecule has 0 aromatic carbocycles. The van der Waals surface area contributed by atoms with Crippen LogP contribution in [0.1, 0.15) is 81.1 Å². The smallest absolute Gasteiger partial charge is 0.317 e. The van der Waals surface area contributed by atoms with E-state index in [1.165, 1.54) is 0 Å². The van der Waals surface area contributed by atoms with E-state index in [1.807, 2.05) is 0 Å². The van der Waals surface area contributed by atoms with Crippen LogP contribution in [-0.4, -0.2) is 95.4 Å². The zero-order chi connectivity index (χ0) is 27.4. The third-order valence-electron chi connectivity index (χ3n) is 6.90. The highest BCUT2D eigenvalue weighted by molar-refractivity contribution is 5.69. The van der Waals surface area contributed by atoms with Gasteiger partial charge in [-0.05, 0) is 49.4 Å². The molecule has 36 heavy (non-hydrogen) atoms. The first kappa shape index (κ1) is 32.8. The number of rotatable bonds is 12. The Morgan fingerprint density at radius 2 is 0.944 bits per heavy atom. The number of nitrogens with one attached hydrogen (secondary N) is 2. The van der Waals surface area contributed by atoms with Crippen molar-refractivity contribution >= 4 is 11.9 Å². The van der Waals surface area contributed by atoms with Crippen molar-refractivity contribution in [3.8, 4) is 0 Å². The fourth-order valence-electron chi connectivity index (χ4n) is 5.60. The molecule has 0 bridgehead atoms. The van der Waals surface area contributed by atoms with Crippen LogP contribution in [0, 0.1) is 23.7 Å². The van der Waals surface area contributed by atoms with Crippen molar-refractivity contribution in [1.82, 2.24) is 20.4 Å². The van der Waals surface area contributed by atoms with Gasteiger partial charge in [-0.15, -0.1) is 0 Å². The minimum absolute atomic E-state index is 0.0325. The second-order valence-corrected chi connectivity index (χ2v) is 12.7. The molecule has 1 aliphatic rings. The molecule has 0 radical (unpaired) electrons. The maximum Gasteiger partial charge on any atom is 0.317 e. The molecule has 0 aromatic heterocycles. The van der Waals surface area contributed by atoms with Gasteiger partial charge in [0.25, 0.3) is 0 Å². The van der Waals surface area contributed by atoms with Gasteiger partial charge in [-0.1, -0.05) is 55.4 Å². The molecule has 0 aromatic rings. The predicted molar refractivity (Wildman–Crippen MR) is 147 cm³/mol. The molecule has 1 fully saturated rings. The van der Waals surface area contributed by atoms with E-state index in [1.54, 1.807) is 0 Å². The Bertz CT molecular complexity index is 587. The van der Waals surface area contributed by atoms with Crippen LogP contribution in [0.2, 0.25) is 0 Å². The van der Waals surface area contributed by atoms with Crippen molar-refractivity contribution in [3.05, 3.63) is 0 Å². The number of hydrogen-bond acceptors (Lipinski definition) is 6. The van der Waals surface area contributed by atoms with Crippen LogP contribution in [0.5, 0.6) is 0 Å². The molecule has 8 nitrogen and oxygen atoms in total. The second-order valence-electron chi connectivity index (χ2n) is 12.7. The normalized spacial score (nSPS) is 25.9. The summed E-state index contributed by atoms with van der Waals surface area (Å²) in [6.45, 7) is 20.4. The molecule has 0 unspecified atom stereocenters. The quantitative estimate of drug-likeness (QED) is 0.314. The highest BCUT2D eigenvalue weighted by Gasteiger charge is 2.30. The molecule has 0 aliphatic carbocycles. The standard InChI is InChI=1S/C28H56N4O4/c1-19(2)9-23-15-31(17-27(33)34)26(12-22(7)8)14-30-24(10-20(3)4)16-32(18-28(35)36)25(13-29-23)11-21(5)6/h19-26,29-30H,9-18H2,1-8H3,(H,33,34)(H,35,36)/t23-,24-,25-,26-/m1/s1. The minimum Gasteiger partial charge on any atom is -0.480 e. The Labute approximate surface area is 220 Å². The second kappa shape index (κ2) is 16.6. The van der Waals surface area contributed by atoms with Crippen molar-refractivity contribution in [2.75, 3.05) is 39.3 Å². The summed E-state index contributed by atoms with van der Waals surface area (Å²) in [5.74, 6) is 0.252. The van der Waals surface area contributed by atoms with Crippen LogP contribution in [0.15, 0.2) is 0 Å². The molecule has 4 atom stereocenters. The average Bonchev–Trinajstić information content (AvgIpc) is 2.70. The lowest BCUT2D eigenvalue weighted by Crippen LogP contribution is -2.58. The van der Waals surface area contributed by atoms with Gasteiger partial charge in [0.1, 0.15) is 0 Å². The van der Waals surface area contributed by atoms with Gasteiger partial charge >= 0.3 is 11.9 Å². The van der Waals surface area contributed by atoms with Gasteiger partial charge in [0.15, 0.2) is 0 Å². The molecule has 1 saturated heterocycles. The Morgan fingerprint density at radius 3 is 1.19 bits per heavy atom. The van der Waals surface area contributed by atoms with Gasteiger partial charge in [-0.2, -0.15) is 0 Å². The number of hydrogen-bond donors (Lipinski definition) is 4. The third-order valence-corrected chi connectivity index (χ3v) is 6.90. The maximum atomic E-state index is 11.9. The Morgan fingerprint density at radius 1 is 0.639 bits per heavy atom. The van der Waals surface area contributed by atoms with Crippen molar-refractivity contribution < 1.29 is 19.8 Å². The topological polar surface area (TPSA) is 105 Å². The van der Waals surface area contributed by atoms with Crippen LogP contribution in [-0.2, 0) is 9.59 Å². The molecule has 1 heterocycles. The molecule has 0 spiro atoms. The molecule has 0 saturated carbocycles. The van der Waals surface area contributed by atoms with Crippen LogP contribution < -0.4 is 10.6 Å². The molecule has 8 heteroatoms. The number of carboxylic acid groups (broad SMARTS) is 2. The van der Waals surface area contributed by atoms with E-state index in [4.69, 9.17) is 0 Å². The predicted octanol–water partition coefficient (Wildman–Crippen LogP) is 3.61. The van der Waals surface area contributed by atoms with Crippen molar-refractivity contribution in [2.24, 2.45) is 23.7 Å². The van der Waals surface area contributed by atoms with E-state index < -0.39 is 11.9 Å². The largest absolute Gasteiger partial charge is 0.480 e. The summed E-state index contributed by atoms with van der Waals surface area (Å²) >= 11 is 0. The summed E-state index contributed by atoms with van der Waals surface area (Å²) in [6.07, 6.45) is 3.72. The van der Waals surface area contributed by atoms with E-state index in [-0.39, 0.29) is 37.3 Å². The summed E-state index contributed by atoms with van der Waals surface area (Å²) in [5, 5.41) is 27.1. The monoisotopic (exact) mass is 512 g/mol. The summed E-state index contributed by atoms with van der Waals surface area (Å²) < 4.78 is 0. The summed E-state index contributed by atoms with van der Waals surface area (Å²) in [5.41, 5.74) is 0. The highest BCUT2D eigenvalue weighted by Crippen LogP contribution is 2.19. The third kappa shape index (κ3) is 13.9. The first-order chi connectivity index (χ1) is 16.8. The van der Waals surface area contributed by atoms with Crippen molar-refractivity contribution in [2.45, 2.75) is 105 Å². The molecule has 0 amide bonds. The SMILES string of the molecule is CC(C)C[C@@H]1CN(CC(=O)O)[C@H](CC(C)C)CN[C@H](CC(C)C)CN(CC(=O)O)[C@H](CC(C)C)CN1. The molecule has 212 valence electrons. The Kier molecular flexibility index (Phi) is 15.1. The molecule has 4 N–H and O–H groups in total. The number of aliphatic carboxylic acids is 2. The Hall–Kier alpha value is -1.22. The van der Waals surface area contributed by atoms with Crippen LogP contribution in [0.4, 0.5) is 0 Å².